The first-order valence-electron chi connectivity index (χ1n) is 10.9. The number of piperazine rings is 1. The number of allylic oxidation sites excluding steroid dienone is 1. The number of benzene rings is 1. The van der Waals surface area contributed by atoms with Gasteiger partial charge in [0.2, 0.25) is 11.8 Å². The number of ether oxygens (including phenoxy) is 1. The van der Waals surface area contributed by atoms with Crippen LogP contribution in [0.15, 0.2) is 53.8 Å². The summed E-state index contributed by atoms with van der Waals surface area (Å²) in [5, 5.41) is 0. The highest BCUT2D eigenvalue weighted by Crippen LogP contribution is 2.50. The van der Waals surface area contributed by atoms with E-state index >= 15 is 0 Å². The van der Waals surface area contributed by atoms with Crippen LogP contribution in [0.4, 0.5) is 0 Å². The summed E-state index contributed by atoms with van der Waals surface area (Å²) in [5.41, 5.74) is 1.78. The highest BCUT2D eigenvalue weighted by Gasteiger charge is 2.50. The number of rotatable bonds is 3. The molecule has 2 atom stereocenters. The Morgan fingerprint density at radius 3 is 2.26 bits per heavy atom. The van der Waals surface area contributed by atoms with Crippen molar-refractivity contribution in [3.63, 3.8) is 0 Å². The van der Waals surface area contributed by atoms with Gasteiger partial charge in [-0.15, -0.1) is 0 Å². The van der Waals surface area contributed by atoms with E-state index in [0.717, 1.165) is 5.56 Å². The van der Waals surface area contributed by atoms with Gasteiger partial charge in [0.25, 0.3) is 0 Å². The summed E-state index contributed by atoms with van der Waals surface area (Å²) in [6, 6.07) is 9.66. The van der Waals surface area contributed by atoms with Gasteiger partial charge in [-0.3, -0.25) is 14.4 Å². The highest BCUT2D eigenvalue weighted by atomic mass is 16.5. The number of carbonyl (C=O) groups excluding carboxylic acids is 3. The Morgan fingerprint density at radius 1 is 1.03 bits per heavy atom. The van der Waals surface area contributed by atoms with E-state index < -0.39 is 12.0 Å². The fourth-order valence-corrected chi connectivity index (χ4v) is 4.86. The molecule has 0 spiro atoms. The Labute approximate surface area is 183 Å². The fourth-order valence-electron chi connectivity index (χ4n) is 4.86. The van der Waals surface area contributed by atoms with Crippen LogP contribution in [0, 0.1) is 11.3 Å². The van der Waals surface area contributed by atoms with Crippen LogP contribution < -0.4 is 0 Å². The predicted molar refractivity (Wildman–Crippen MR) is 117 cm³/mol. The van der Waals surface area contributed by atoms with Gasteiger partial charge in [0, 0.05) is 50.2 Å². The van der Waals surface area contributed by atoms with Crippen molar-refractivity contribution in [1.82, 2.24) is 9.80 Å². The van der Waals surface area contributed by atoms with E-state index in [1.807, 2.05) is 30.3 Å². The summed E-state index contributed by atoms with van der Waals surface area (Å²) in [4.78, 5) is 42.5. The lowest BCUT2D eigenvalue weighted by atomic mass is 9.73. The van der Waals surface area contributed by atoms with Crippen LogP contribution in [-0.4, -0.2) is 53.6 Å². The Bertz CT molecular complexity index is 955. The molecule has 0 unspecified atom stereocenters. The summed E-state index contributed by atoms with van der Waals surface area (Å²) in [6.07, 6.45) is 0.579. The van der Waals surface area contributed by atoms with E-state index in [9.17, 15) is 14.4 Å². The van der Waals surface area contributed by atoms with Crippen LogP contribution >= 0.6 is 0 Å². The zero-order valence-corrected chi connectivity index (χ0v) is 18.5. The molecule has 0 N–H and O–H groups in total. The maximum Gasteiger partial charge on any atom is 0.249 e. The summed E-state index contributed by atoms with van der Waals surface area (Å²) in [7, 11) is 0. The normalized spacial score (nSPS) is 25.2. The first kappa shape index (κ1) is 21.3. The third-order valence-electron chi connectivity index (χ3n) is 6.40. The molecule has 1 aromatic carbocycles. The average Bonchev–Trinajstić information content (AvgIpc) is 3.11. The van der Waals surface area contributed by atoms with E-state index in [4.69, 9.17) is 4.74 Å². The summed E-state index contributed by atoms with van der Waals surface area (Å²) >= 11 is 0. The summed E-state index contributed by atoms with van der Waals surface area (Å²) in [6.45, 7) is 11.4. The van der Waals surface area contributed by atoms with Crippen molar-refractivity contribution >= 4 is 17.6 Å². The van der Waals surface area contributed by atoms with Crippen LogP contribution in [0.1, 0.15) is 45.3 Å². The lowest BCUT2D eigenvalue weighted by molar-refractivity contribution is -0.142. The van der Waals surface area contributed by atoms with Gasteiger partial charge in [0.15, 0.2) is 5.78 Å². The fraction of sp³-hybridized carbons (Fsp3) is 0.480. The smallest absolute Gasteiger partial charge is 0.249 e. The first-order valence-corrected chi connectivity index (χ1v) is 10.9. The lowest BCUT2D eigenvalue weighted by Gasteiger charge is -2.37. The Balaban J connectivity index is 1.61. The van der Waals surface area contributed by atoms with Crippen molar-refractivity contribution in [3.8, 4) is 0 Å². The Kier molecular flexibility index (Phi) is 5.50. The zero-order valence-electron chi connectivity index (χ0n) is 18.5. The molecule has 31 heavy (non-hydrogen) atoms. The second-order valence-electron chi connectivity index (χ2n) is 9.60. The molecule has 1 saturated heterocycles. The van der Waals surface area contributed by atoms with E-state index in [1.54, 1.807) is 16.7 Å². The molecule has 4 rings (SSSR count). The number of ketones is 1. The third-order valence-corrected chi connectivity index (χ3v) is 6.40. The molecule has 1 aliphatic carbocycles. The van der Waals surface area contributed by atoms with Gasteiger partial charge in [0.05, 0.1) is 0 Å². The van der Waals surface area contributed by atoms with Crippen LogP contribution in [0.5, 0.6) is 0 Å². The number of carbonyl (C=O) groups is 3. The van der Waals surface area contributed by atoms with Crippen molar-refractivity contribution in [1.29, 1.82) is 0 Å². The Hall–Kier alpha value is -2.89. The SMILES string of the molecule is C=C(C)C(=O)N1CCN(C(=O)[C@@H]2C3=C(CC(C)(C)CC3=O)O[C@H]2c2ccccc2)CC1. The van der Waals surface area contributed by atoms with Gasteiger partial charge in [-0.1, -0.05) is 50.8 Å². The van der Waals surface area contributed by atoms with Gasteiger partial charge in [-0.05, 0) is 17.9 Å². The van der Waals surface area contributed by atoms with E-state index in [2.05, 4.69) is 20.4 Å². The standard InChI is InChI=1S/C25H30N2O4/c1-16(2)23(29)26-10-12-27(13-11-26)24(30)21-20-18(28)14-25(3,4)15-19(20)31-22(21)17-8-6-5-7-9-17/h5-9,21-22H,1,10-15H2,2-4H3/t21-,22+/m1/s1. The topological polar surface area (TPSA) is 66.9 Å². The van der Waals surface area contributed by atoms with Gasteiger partial charge in [0.1, 0.15) is 17.8 Å². The largest absolute Gasteiger partial charge is 0.488 e. The molecule has 0 radical (unpaired) electrons. The van der Waals surface area contributed by atoms with Crippen LogP contribution in [0.2, 0.25) is 0 Å². The molecular formula is C25H30N2O4. The molecule has 2 heterocycles. The van der Waals surface area contributed by atoms with E-state index in [1.165, 1.54) is 0 Å². The minimum absolute atomic E-state index is 0.0131. The quantitative estimate of drug-likeness (QED) is 0.702. The van der Waals surface area contributed by atoms with Crippen molar-refractivity contribution in [2.24, 2.45) is 11.3 Å². The van der Waals surface area contributed by atoms with Crippen molar-refractivity contribution in [2.45, 2.75) is 39.7 Å². The van der Waals surface area contributed by atoms with Crippen molar-refractivity contribution < 1.29 is 19.1 Å². The molecule has 1 fully saturated rings. The molecule has 3 aliphatic rings. The van der Waals surface area contributed by atoms with Crippen LogP contribution in [0.25, 0.3) is 0 Å². The number of hydrogen-bond donors (Lipinski definition) is 0. The number of amides is 2. The predicted octanol–water partition coefficient (Wildman–Crippen LogP) is 3.26. The molecule has 0 bridgehead atoms. The summed E-state index contributed by atoms with van der Waals surface area (Å²) < 4.78 is 6.31. The van der Waals surface area contributed by atoms with Gasteiger partial charge >= 0.3 is 0 Å². The highest BCUT2D eigenvalue weighted by molar-refractivity contribution is 6.04. The molecular weight excluding hydrogens is 392 g/mol. The second-order valence-corrected chi connectivity index (χ2v) is 9.60. The van der Waals surface area contributed by atoms with Crippen molar-refractivity contribution in [2.75, 3.05) is 26.2 Å². The molecule has 164 valence electrons. The van der Waals surface area contributed by atoms with Gasteiger partial charge in [-0.25, -0.2) is 0 Å². The maximum absolute atomic E-state index is 13.7. The third kappa shape index (κ3) is 4.03. The Morgan fingerprint density at radius 2 is 1.65 bits per heavy atom. The zero-order chi connectivity index (χ0) is 22.3. The molecule has 2 aliphatic heterocycles. The molecule has 6 nitrogen and oxygen atoms in total. The second kappa shape index (κ2) is 7.98. The van der Waals surface area contributed by atoms with Gasteiger partial charge in [-0.2, -0.15) is 0 Å². The lowest BCUT2D eigenvalue weighted by Crippen LogP contribution is -2.52. The molecule has 0 saturated carbocycles. The molecule has 1 aromatic rings. The van der Waals surface area contributed by atoms with Crippen molar-refractivity contribution in [3.05, 3.63) is 59.4 Å². The van der Waals surface area contributed by atoms with E-state index in [0.29, 0.717) is 55.9 Å². The maximum atomic E-state index is 13.7. The average molecular weight is 423 g/mol. The number of nitrogens with zero attached hydrogens (tertiary/aromatic N) is 2. The number of Topliss-reactive ketones (excluding diaryl/α,β-unsaturated/α-hetero) is 1. The summed E-state index contributed by atoms with van der Waals surface area (Å²) in [5.74, 6) is -0.115. The van der Waals surface area contributed by atoms with Crippen LogP contribution in [-0.2, 0) is 19.1 Å². The first-order chi connectivity index (χ1) is 14.7. The monoisotopic (exact) mass is 422 g/mol. The number of hydrogen-bond acceptors (Lipinski definition) is 4. The molecule has 0 aromatic heterocycles. The van der Waals surface area contributed by atoms with Crippen LogP contribution in [0.3, 0.4) is 0 Å². The molecule has 6 heteroatoms. The molecule has 2 amide bonds. The minimum Gasteiger partial charge on any atom is -0.488 e. The van der Waals surface area contributed by atoms with E-state index in [-0.39, 0.29) is 23.0 Å². The van der Waals surface area contributed by atoms with Gasteiger partial charge < -0.3 is 14.5 Å². The minimum atomic E-state index is -0.635.